The van der Waals surface area contributed by atoms with Crippen LogP contribution in [0.3, 0.4) is 0 Å². The summed E-state index contributed by atoms with van der Waals surface area (Å²) < 4.78 is 5.38. The molecule has 114 valence electrons. The molecular formula is C19H26O2. The topological polar surface area (TPSA) is 29.5 Å². The largest absolute Gasteiger partial charge is 0.497 e. The standard InChI is InChI=1S/C19H26O2/c1-19-10-9-15-14-6-4-13(21-2)11-12(14)3-5-16(15)17(19)7-8-18(19)20/h4,6,11,15-18,20H,3,5,7-10H2,1-2H3/t15-,16-,17+,18-,19+/m1/s1/i11+2. The van der Waals surface area contributed by atoms with E-state index in [1.54, 1.807) is 12.7 Å². The molecule has 3 aliphatic rings. The second kappa shape index (κ2) is 4.74. The summed E-state index contributed by atoms with van der Waals surface area (Å²) in [4.78, 5) is 0. The molecule has 1 aromatic rings. The molecule has 2 heteroatoms. The van der Waals surface area contributed by atoms with Crippen molar-refractivity contribution in [2.24, 2.45) is 17.3 Å². The average molecular weight is 288 g/mol. The lowest BCUT2D eigenvalue weighted by atomic mass is 9.56. The molecular weight excluding hydrogens is 262 g/mol. The van der Waals surface area contributed by atoms with Gasteiger partial charge in [0.1, 0.15) is 5.75 Å². The van der Waals surface area contributed by atoms with Gasteiger partial charge in [0, 0.05) is 0 Å². The molecule has 3 aliphatic carbocycles. The van der Waals surface area contributed by atoms with E-state index in [0.29, 0.717) is 5.92 Å². The number of ether oxygens (including phenoxy) is 1. The lowest BCUT2D eigenvalue weighted by Crippen LogP contribution is -2.43. The molecule has 21 heavy (non-hydrogen) atoms. The summed E-state index contributed by atoms with van der Waals surface area (Å²) in [6, 6.07) is 6.67. The second-order valence-electron chi connectivity index (χ2n) is 7.62. The Morgan fingerprint density at radius 1 is 1.24 bits per heavy atom. The van der Waals surface area contributed by atoms with Gasteiger partial charge in [0.2, 0.25) is 0 Å². The summed E-state index contributed by atoms with van der Waals surface area (Å²) in [5.74, 6) is 3.20. The maximum atomic E-state index is 10.4. The van der Waals surface area contributed by atoms with Crippen molar-refractivity contribution in [3.63, 3.8) is 0 Å². The monoisotopic (exact) mass is 288 g/mol. The molecule has 2 nitrogen and oxygen atoms in total. The number of methoxy groups -OCH3 is 1. The minimum absolute atomic E-state index is 0.0688. The number of aliphatic hydroxyl groups is 1. The summed E-state index contributed by atoms with van der Waals surface area (Å²) in [6.07, 6.45) is 7.07. The van der Waals surface area contributed by atoms with E-state index in [2.05, 4.69) is 25.1 Å². The summed E-state index contributed by atoms with van der Waals surface area (Å²) in [5.41, 5.74) is 3.25. The van der Waals surface area contributed by atoms with Crippen LogP contribution >= 0.6 is 0 Å². The Kier molecular flexibility index (Phi) is 3.08. The molecule has 0 unspecified atom stereocenters. The molecule has 2 fully saturated rings. The third kappa shape index (κ3) is 1.88. The summed E-state index contributed by atoms with van der Waals surface area (Å²) in [7, 11) is 1.75. The van der Waals surface area contributed by atoms with Crippen LogP contribution in [0.1, 0.15) is 56.1 Å². The van der Waals surface area contributed by atoms with Crippen molar-refractivity contribution in [1.82, 2.24) is 0 Å². The zero-order valence-corrected chi connectivity index (χ0v) is 13.1. The van der Waals surface area contributed by atoms with Crippen molar-refractivity contribution in [2.45, 2.75) is 57.5 Å². The molecule has 0 radical (unpaired) electrons. The Hall–Kier alpha value is -1.02. The van der Waals surface area contributed by atoms with E-state index in [1.165, 1.54) is 37.7 Å². The van der Waals surface area contributed by atoms with Gasteiger partial charge in [0.05, 0.1) is 13.2 Å². The fourth-order valence-electron chi connectivity index (χ4n) is 5.66. The highest BCUT2D eigenvalue weighted by molar-refractivity contribution is 5.40. The molecule has 0 amide bonds. The first kappa shape index (κ1) is 13.6. The smallest absolute Gasteiger partial charge is 0.119 e. The highest BCUT2D eigenvalue weighted by Crippen LogP contribution is 2.60. The Balaban J connectivity index is 1.68. The minimum Gasteiger partial charge on any atom is -0.497 e. The van der Waals surface area contributed by atoms with Crippen LogP contribution in [0.2, 0.25) is 0 Å². The number of aryl methyl sites for hydroxylation is 1. The van der Waals surface area contributed by atoms with Gasteiger partial charge in [-0.15, -0.1) is 0 Å². The van der Waals surface area contributed by atoms with Crippen molar-refractivity contribution in [1.29, 1.82) is 0 Å². The van der Waals surface area contributed by atoms with E-state index in [-0.39, 0.29) is 11.5 Å². The highest BCUT2D eigenvalue weighted by atomic mass is 16.5. The van der Waals surface area contributed by atoms with Crippen LogP contribution in [0.25, 0.3) is 0 Å². The number of hydrogen-bond acceptors (Lipinski definition) is 2. The fourth-order valence-corrected chi connectivity index (χ4v) is 5.66. The molecule has 0 heterocycles. The first-order chi connectivity index (χ1) is 10.1. The molecule has 0 bridgehead atoms. The second-order valence-corrected chi connectivity index (χ2v) is 7.62. The zero-order valence-electron chi connectivity index (χ0n) is 13.1. The van der Waals surface area contributed by atoms with E-state index in [9.17, 15) is 5.11 Å². The first-order valence-electron chi connectivity index (χ1n) is 8.48. The maximum Gasteiger partial charge on any atom is 0.119 e. The van der Waals surface area contributed by atoms with Gasteiger partial charge < -0.3 is 9.84 Å². The average Bonchev–Trinajstić information content (AvgIpc) is 2.82. The number of rotatable bonds is 1. The zero-order chi connectivity index (χ0) is 14.6. The van der Waals surface area contributed by atoms with E-state index in [0.717, 1.165) is 24.0 Å². The van der Waals surface area contributed by atoms with Crippen LogP contribution in [0, 0.1) is 17.3 Å². The van der Waals surface area contributed by atoms with Crippen molar-refractivity contribution >= 4 is 0 Å². The van der Waals surface area contributed by atoms with Crippen LogP contribution < -0.4 is 4.74 Å². The predicted molar refractivity (Wildman–Crippen MR) is 83.6 cm³/mol. The van der Waals surface area contributed by atoms with Gasteiger partial charge in [-0.2, -0.15) is 0 Å². The van der Waals surface area contributed by atoms with E-state index < -0.39 is 0 Å². The van der Waals surface area contributed by atoms with Crippen molar-refractivity contribution < 1.29 is 9.84 Å². The van der Waals surface area contributed by atoms with Crippen LogP contribution in [-0.2, 0) is 6.42 Å². The number of benzene rings is 1. The highest BCUT2D eigenvalue weighted by Gasteiger charge is 2.54. The van der Waals surface area contributed by atoms with Crippen LogP contribution in [-0.4, -0.2) is 18.3 Å². The van der Waals surface area contributed by atoms with E-state index >= 15 is 0 Å². The Morgan fingerprint density at radius 2 is 2.10 bits per heavy atom. The molecule has 2 saturated carbocycles. The fraction of sp³-hybridized carbons (Fsp3) is 0.684. The van der Waals surface area contributed by atoms with Crippen molar-refractivity contribution in [2.75, 3.05) is 7.11 Å². The molecule has 0 saturated heterocycles. The van der Waals surface area contributed by atoms with Crippen molar-refractivity contribution in [3.05, 3.63) is 29.3 Å². The lowest BCUT2D eigenvalue weighted by molar-refractivity contribution is -0.0226. The van der Waals surface area contributed by atoms with Crippen LogP contribution in [0.4, 0.5) is 0 Å². The van der Waals surface area contributed by atoms with Gasteiger partial charge in [-0.05, 0) is 85.0 Å². The van der Waals surface area contributed by atoms with E-state index in [4.69, 9.17) is 4.74 Å². The van der Waals surface area contributed by atoms with Gasteiger partial charge in [-0.25, -0.2) is 0 Å². The SMILES string of the molecule is COc1ccc2c([14cH]1)CC[C@@H]1[C@@H]2CC[C@]2(C)[C@H](O)CC[C@@H]12. The molecule has 1 aromatic carbocycles. The third-order valence-electron chi connectivity index (χ3n) is 6.88. The molecule has 5 atom stereocenters. The van der Waals surface area contributed by atoms with E-state index in [1.807, 2.05) is 0 Å². The quantitative estimate of drug-likeness (QED) is 0.849. The third-order valence-corrected chi connectivity index (χ3v) is 6.88. The number of hydrogen-bond donors (Lipinski definition) is 1. The minimum atomic E-state index is -0.0688. The molecule has 4 rings (SSSR count). The summed E-state index contributed by atoms with van der Waals surface area (Å²) in [6.45, 7) is 2.34. The Bertz CT molecular complexity index is 552. The Morgan fingerprint density at radius 3 is 2.90 bits per heavy atom. The van der Waals surface area contributed by atoms with Crippen LogP contribution in [0.5, 0.6) is 5.75 Å². The van der Waals surface area contributed by atoms with Gasteiger partial charge >= 0.3 is 0 Å². The van der Waals surface area contributed by atoms with Crippen molar-refractivity contribution in [3.8, 4) is 5.75 Å². The molecule has 0 aromatic heterocycles. The number of aliphatic hydroxyl groups excluding tert-OH is 1. The molecule has 1 N–H and O–H groups in total. The lowest BCUT2D eigenvalue weighted by Gasteiger charge is -2.50. The normalized spacial score (nSPS) is 41.1. The predicted octanol–water partition coefficient (Wildman–Crippen LogP) is 3.91. The van der Waals surface area contributed by atoms with Gasteiger partial charge in [0.25, 0.3) is 0 Å². The molecule has 0 aliphatic heterocycles. The summed E-state index contributed by atoms with van der Waals surface area (Å²) >= 11 is 0. The van der Waals surface area contributed by atoms with Gasteiger partial charge in [0.15, 0.2) is 0 Å². The van der Waals surface area contributed by atoms with Crippen LogP contribution in [0.15, 0.2) is 18.2 Å². The Labute approximate surface area is 127 Å². The van der Waals surface area contributed by atoms with Gasteiger partial charge in [-0.3, -0.25) is 0 Å². The number of fused-ring (bicyclic) bond motifs is 5. The van der Waals surface area contributed by atoms with Gasteiger partial charge in [-0.1, -0.05) is 13.0 Å². The maximum absolute atomic E-state index is 10.4. The summed E-state index contributed by atoms with van der Waals surface area (Å²) in [5, 5.41) is 10.4. The first-order valence-corrected chi connectivity index (χ1v) is 8.48. The molecule has 0 spiro atoms.